The zero-order chi connectivity index (χ0) is 17.1. The lowest BCUT2D eigenvalue weighted by molar-refractivity contribution is -0.121. The van der Waals surface area contributed by atoms with E-state index in [0.717, 1.165) is 35.9 Å². The van der Waals surface area contributed by atoms with Crippen LogP contribution in [0, 0.1) is 6.92 Å². The molecule has 2 aromatic rings. The quantitative estimate of drug-likeness (QED) is 0.706. The molecule has 1 aliphatic rings. The first-order chi connectivity index (χ1) is 11.6. The van der Waals surface area contributed by atoms with Crippen LogP contribution in [-0.4, -0.2) is 33.5 Å². The molecule has 0 bridgehead atoms. The first-order valence-corrected chi connectivity index (χ1v) is 7.80. The zero-order valence-corrected chi connectivity index (χ0v) is 13.4. The Morgan fingerprint density at radius 2 is 2.21 bits per heavy atom. The molecule has 0 atom stereocenters. The van der Waals surface area contributed by atoms with Gasteiger partial charge in [0, 0.05) is 11.5 Å². The van der Waals surface area contributed by atoms with E-state index < -0.39 is 5.91 Å². The number of carbonyl (C=O) groups excluding carboxylic acids is 2. The van der Waals surface area contributed by atoms with Crippen LogP contribution in [0.25, 0.3) is 11.4 Å². The maximum absolute atomic E-state index is 12.0. The van der Waals surface area contributed by atoms with Crippen LogP contribution >= 0.6 is 0 Å². The van der Waals surface area contributed by atoms with E-state index in [1.165, 1.54) is 0 Å². The zero-order valence-electron chi connectivity index (χ0n) is 13.4. The monoisotopic (exact) mass is 325 g/mol. The second kappa shape index (κ2) is 6.66. The standard InChI is InChI=1S/C17H19N5O2/c1-3-14(23)18-9-15(24)19-13-7-4-10(2)8-12(13)17-20-16(21-22-17)11-5-6-11/h3-4,7-8,11H,1,5-6,9H2,2H3,(H,18,23)(H,19,24)(H,20,21,22). The van der Waals surface area contributed by atoms with Crippen LogP contribution in [0.1, 0.15) is 30.1 Å². The summed E-state index contributed by atoms with van der Waals surface area (Å²) >= 11 is 0. The normalized spacial score (nSPS) is 13.4. The first kappa shape index (κ1) is 15.9. The van der Waals surface area contributed by atoms with Gasteiger partial charge in [-0.05, 0) is 38.0 Å². The molecule has 2 amide bonds. The van der Waals surface area contributed by atoms with Crippen LogP contribution in [-0.2, 0) is 9.59 Å². The maximum atomic E-state index is 12.0. The van der Waals surface area contributed by atoms with E-state index in [1.807, 2.05) is 25.1 Å². The lowest BCUT2D eigenvalue weighted by Gasteiger charge is -2.10. The number of amides is 2. The number of H-pyrrole nitrogens is 1. The summed E-state index contributed by atoms with van der Waals surface area (Å²) in [4.78, 5) is 27.7. The fraction of sp³-hybridized carbons (Fsp3) is 0.294. The van der Waals surface area contributed by atoms with Gasteiger partial charge in [-0.25, -0.2) is 4.98 Å². The number of hydrogen-bond donors (Lipinski definition) is 3. The molecule has 7 nitrogen and oxygen atoms in total. The molecule has 0 aliphatic heterocycles. The molecule has 0 saturated heterocycles. The van der Waals surface area contributed by atoms with Crippen molar-refractivity contribution in [2.45, 2.75) is 25.7 Å². The summed E-state index contributed by atoms with van der Waals surface area (Å²) in [6.45, 7) is 5.18. The molecule has 1 saturated carbocycles. The van der Waals surface area contributed by atoms with Crippen LogP contribution in [0.5, 0.6) is 0 Å². The van der Waals surface area contributed by atoms with Crippen LogP contribution in [0.4, 0.5) is 5.69 Å². The average Bonchev–Trinajstić information content (AvgIpc) is 3.31. The van der Waals surface area contributed by atoms with E-state index in [1.54, 1.807) is 0 Å². The average molecular weight is 325 g/mol. The maximum Gasteiger partial charge on any atom is 0.243 e. The van der Waals surface area contributed by atoms with Crippen LogP contribution in [0.2, 0.25) is 0 Å². The number of hydrogen-bond acceptors (Lipinski definition) is 4. The molecule has 3 rings (SSSR count). The molecule has 3 N–H and O–H groups in total. The topological polar surface area (TPSA) is 99.8 Å². The highest BCUT2D eigenvalue weighted by Crippen LogP contribution is 2.38. The van der Waals surface area contributed by atoms with Crippen molar-refractivity contribution in [2.24, 2.45) is 0 Å². The van der Waals surface area contributed by atoms with Crippen molar-refractivity contribution in [1.29, 1.82) is 0 Å². The van der Waals surface area contributed by atoms with Crippen LogP contribution in [0.15, 0.2) is 30.9 Å². The number of aromatic nitrogens is 3. The minimum atomic E-state index is -0.391. The summed E-state index contributed by atoms with van der Waals surface area (Å²) in [5.41, 5.74) is 2.40. The van der Waals surface area contributed by atoms with E-state index in [4.69, 9.17) is 0 Å². The molecule has 7 heteroatoms. The van der Waals surface area contributed by atoms with Crippen molar-refractivity contribution < 1.29 is 9.59 Å². The van der Waals surface area contributed by atoms with E-state index in [0.29, 0.717) is 17.4 Å². The molecule has 0 unspecified atom stereocenters. The Balaban J connectivity index is 1.78. The van der Waals surface area contributed by atoms with Gasteiger partial charge in [0.05, 0.1) is 12.2 Å². The molecular formula is C17H19N5O2. The number of anilines is 1. The Hall–Kier alpha value is -2.96. The van der Waals surface area contributed by atoms with Gasteiger partial charge in [0.15, 0.2) is 5.82 Å². The number of benzene rings is 1. The van der Waals surface area contributed by atoms with Gasteiger partial charge in [0.1, 0.15) is 5.82 Å². The van der Waals surface area contributed by atoms with Gasteiger partial charge >= 0.3 is 0 Å². The molecule has 24 heavy (non-hydrogen) atoms. The minimum Gasteiger partial charge on any atom is -0.343 e. The highest BCUT2D eigenvalue weighted by atomic mass is 16.2. The second-order valence-electron chi connectivity index (χ2n) is 5.84. The Labute approximate surface area is 139 Å². The lowest BCUT2D eigenvalue weighted by Crippen LogP contribution is -2.31. The third kappa shape index (κ3) is 3.68. The molecule has 1 aliphatic carbocycles. The third-order valence-corrected chi connectivity index (χ3v) is 3.77. The van der Waals surface area contributed by atoms with Gasteiger partial charge in [0.2, 0.25) is 11.8 Å². The van der Waals surface area contributed by atoms with Crippen molar-refractivity contribution in [3.8, 4) is 11.4 Å². The Morgan fingerprint density at radius 1 is 1.42 bits per heavy atom. The molecule has 1 aromatic carbocycles. The predicted molar refractivity (Wildman–Crippen MR) is 90.4 cm³/mol. The minimum absolute atomic E-state index is 0.126. The number of nitrogens with one attached hydrogen (secondary N) is 3. The molecule has 1 fully saturated rings. The van der Waals surface area contributed by atoms with Crippen LogP contribution < -0.4 is 10.6 Å². The van der Waals surface area contributed by atoms with Gasteiger partial charge in [-0.15, -0.1) is 0 Å². The van der Waals surface area contributed by atoms with Crippen molar-refractivity contribution in [3.05, 3.63) is 42.2 Å². The van der Waals surface area contributed by atoms with Gasteiger partial charge in [-0.3, -0.25) is 14.7 Å². The summed E-state index contributed by atoms with van der Waals surface area (Å²) in [5, 5.41) is 12.5. The van der Waals surface area contributed by atoms with E-state index in [2.05, 4.69) is 32.4 Å². The highest BCUT2D eigenvalue weighted by molar-refractivity contribution is 5.98. The van der Waals surface area contributed by atoms with Crippen molar-refractivity contribution in [2.75, 3.05) is 11.9 Å². The molecule has 124 valence electrons. The Kier molecular flexibility index (Phi) is 4.41. The van der Waals surface area contributed by atoms with E-state index in [9.17, 15) is 9.59 Å². The summed E-state index contributed by atoms with van der Waals surface area (Å²) < 4.78 is 0. The predicted octanol–water partition coefficient (Wildman–Crippen LogP) is 1.90. The largest absolute Gasteiger partial charge is 0.343 e. The first-order valence-electron chi connectivity index (χ1n) is 7.80. The molecular weight excluding hydrogens is 306 g/mol. The summed E-state index contributed by atoms with van der Waals surface area (Å²) in [7, 11) is 0. The van der Waals surface area contributed by atoms with Crippen molar-refractivity contribution >= 4 is 17.5 Å². The van der Waals surface area contributed by atoms with Gasteiger partial charge in [-0.1, -0.05) is 18.2 Å². The van der Waals surface area contributed by atoms with Crippen molar-refractivity contribution in [3.63, 3.8) is 0 Å². The fourth-order valence-electron chi connectivity index (χ4n) is 2.32. The number of carbonyl (C=O) groups is 2. The second-order valence-corrected chi connectivity index (χ2v) is 5.84. The van der Waals surface area contributed by atoms with Gasteiger partial charge < -0.3 is 10.6 Å². The molecule has 0 spiro atoms. The summed E-state index contributed by atoms with van der Waals surface area (Å²) in [6, 6.07) is 5.64. The number of nitrogens with zero attached hydrogens (tertiary/aromatic N) is 2. The number of rotatable bonds is 6. The molecule has 0 radical (unpaired) electrons. The summed E-state index contributed by atoms with van der Waals surface area (Å²) in [5.74, 6) is 1.21. The third-order valence-electron chi connectivity index (χ3n) is 3.77. The van der Waals surface area contributed by atoms with Gasteiger partial charge in [0.25, 0.3) is 0 Å². The molecule has 1 heterocycles. The lowest BCUT2D eigenvalue weighted by atomic mass is 10.1. The number of aromatic amines is 1. The van der Waals surface area contributed by atoms with E-state index in [-0.39, 0.29) is 12.5 Å². The smallest absolute Gasteiger partial charge is 0.243 e. The SMILES string of the molecule is C=CC(=O)NCC(=O)Nc1ccc(C)cc1-c1n[nH]c(C2CC2)n1. The molecule has 1 aromatic heterocycles. The van der Waals surface area contributed by atoms with E-state index >= 15 is 0 Å². The van der Waals surface area contributed by atoms with Crippen molar-refractivity contribution in [1.82, 2.24) is 20.5 Å². The van der Waals surface area contributed by atoms with Crippen LogP contribution in [0.3, 0.4) is 0 Å². The fourth-order valence-corrected chi connectivity index (χ4v) is 2.32. The highest BCUT2D eigenvalue weighted by Gasteiger charge is 2.27. The van der Waals surface area contributed by atoms with Gasteiger partial charge in [-0.2, -0.15) is 5.10 Å². The Bertz CT molecular complexity index is 792. The Morgan fingerprint density at radius 3 is 2.92 bits per heavy atom. The number of aryl methyl sites for hydroxylation is 1. The summed E-state index contributed by atoms with van der Waals surface area (Å²) in [6.07, 6.45) is 3.39.